The van der Waals surface area contributed by atoms with Gasteiger partial charge in [-0.1, -0.05) is 24.3 Å². The van der Waals surface area contributed by atoms with Gasteiger partial charge < -0.3 is 14.9 Å². The number of carbonyl (C=O) groups excluding carboxylic acids is 2. The zero-order valence-corrected chi connectivity index (χ0v) is 16.9. The third-order valence-corrected chi connectivity index (χ3v) is 6.05. The molecule has 0 saturated heterocycles. The molecular formula is C24H27NO5. The van der Waals surface area contributed by atoms with Crippen LogP contribution in [0.4, 0.5) is 0 Å². The van der Waals surface area contributed by atoms with E-state index < -0.39 is 6.10 Å². The van der Waals surface area contributed by atoms with Crippen molar-refractivity contribution in [1.82, 2.24) is 4.90 Å². The Balaban J connectivity index is 1.32. The summed E-state index contributed by atoms with van der Waals surface area (Å²) in [5.74, 6) is 0.518. The molecule has 1 aliphatic heterocycles. The first kappa shape index (κ1) is 20.6. The molecule has 0 radical (unpaired) electrons. The van der Waals surface area contributed by atoms with Crippen molar-refractivity contribution < 1.29 is 24.5 Å². The van der Waals surface area contributed by atoms with E-state index in [1.807, 2.05) is 24.3 Å². The van der Waals surface area contributed by atoms with E-state index in [1.54, 1.807) is 24.3 Å². The summed E-state index contributed by atoms with van der Waals surface area (Å²) in [4.78, 5) is 26.1. The van der Waals surface area contributed by atoms with Crippen LogP contribution in [0, 0.1) is 5.92 Å². The standard InChI is InChI=1S/C24H27NO5/c26-18-10-8-16(9-11-18)15-30-19-5-3-4-17(14-19)22(27)12-13-25-23(28)20-6-1-2-7-21(20)24(25)29/h1-7,14,16,18,22,26-27H,8-13,15H2. The Hall–Kier alpha value is -2.70. The molecule has 158 valence electrons. The molecule has 30 heavy (non-hydrogen) atoms. The van der Waals surface area contributed by atoms with E-state index in [4.69, 9.17) is 4.74 Å². The van der Waals surface area contributed by atoms with E-state index in [2.05, 4.69) is 0 Å². The van der Waals surface area contributed by atoms with Crippen LogP contribution in [0.3, 0.4) is 0 Å². The molecule has 1 fully saturated rings. The molecule has 0 spiro atoms. The number of hydrogen-bond acceptors (Lipinski definition) is 5. The van der Waals surface area contributed by atoms with E-state index in [-0.39, 0.29) is 30.9 Å². The van der Waals surface area contributed by atoms with Gasteiger partial charge in [0, 0.05) is 6.54 Å². The van der Waals surface area contributed by atoms with Gasteiger partial charge in [0.15, 0.2) is 0 Å². The maximum absolute atomic E-state index is 12.5. The third-order valence-electron chi connectivity index (χ3n) is 6.05. The van der Waals surface area contributed by atoms with Crippen LogP contribution >= 0.6 is 0 Å². The third kappa shape index (κ3) is 4.40. The number of hydrogen-bond donors (Lipinski definition) is 2. The van der Waals surface area contributed by atoms with Crippen LogP contribution in [0.2, 0.25) is 0 Å². The van der Waals surface area contributed by atoms with Gasteiger partial charge >= 0.3 is 0 Å². The Morgan fingerprint density at radius 3 is 2.30 bits per heavy atom. The molecule has 2 amide bonds. The maximum atomic E-state index is 12.5. The lowest BCUT2D eigenvalue weighted by molar-refractivity contribution is 0.0621. The molecule has 6 nitrogen and oxygen atoms in total. The highest BCUT2D eigenvalue weighted by Gasteiger charge is 2.35. The van der Waals surface area contributed by atoms with Gasteiger partial charge in [0.25, 0.3) is 11.8 Å². The molecule has 6 heteroatoms. The summed E-state index contributed by atoms with van der Waals surface area (Å²) in [5, 5.41) is 20.2. The topological polar surface area (TPSA) is 87.1 Å². The first-order valence-corrected chi connectivity index (χ1v) is 10.6. The number of carbonyl (C=O) groups is 2. The molecule has 2 aliphatic rings. The van der Waals surface area contributed by atoms with Crippen LogP contribution < -0.4 is 4.74 Å². The van der Waals surface area contributed by atoms with Crippen molar-refractivity contribution in [3.05, 3.63) is 65.2 Å². The molecule has 2 aromatic carbocycles. The van der Waals surface area contributed by atoms with Gasteiger partial charge in [-0.3, -0.25) is 14.5 Å². The Labute approximate surface area is 176 Å². The van der Waals surface area contributed by atoms with Gasteiger partial charge in [0.2, 0.25) is 0 Å². The molecule has 1 saturated carbocycles. The summed E-state index contributed by atoms with van der Waals surface area (Å²) >= 11 is 0. The van der Waals surface area contributed by atoms with E-state index in [0.29, 0.717) is 35.0 Å². The van der Waals surface area contributed by atoms with Gasteiger partial charge in [-0.2, -0.15) is 0 Å². The molecular weight excluding hydrogens is 382 g/mol. The number of aliphatic hydroxyl groups is 2. The zero-order chi connectivity index (χ0) is 21.1. The average Bonchev–Trinajstić information content (AvgIpc) is 3.02. The van der Waals surface area contributed by atoms with E-state index in [1.165, 1.54) is 4.90 Å². The fourth-order valence-corrected chi connectivity index (χ4v) is 4.20. The zero-order valence-electron chi connectivity index (χ0n) is 16.9. The van der Waals surface area contributed by atoms with Crippen LogP contribution in [0.25, 0.3) is 0 Å². The number of imide groups is 1. The second-order valence-corrected chi connectivity index (χ2v) is 8.17. The highest BCUT2D eigenvalue weighted by Crippen LogP contribution is 2.28. The van der Waals surface area contributed by atoms with Gasteiger partial charge in [0.1, 0.15) is 5.75 Å². The quantitative estimate of drug-likeness (QED) is 0.685. The minimum absolute atomic E-state index is 0.156. The smallest absolute Gasteiger partial charge is 0.261 e. The summed E-state index contributed by atoms with van der Waals surface area (Å²) in [6.07, 6.45) is 2.85. The number of rotatable bonds is 7. The SMILES string of the molecule is O=C1c2ccccc2C(=O)N1CCC(O)c1cccc(OCC2CCC(O)CC2)c1. The Bertz CT molecular complexity index is 884. The molecule has 2 N–H and O–H groups in total. The van der Waals surface area contributed by atoms with Crippen molar-refractivity contribution in [3.63, 3.8) is 0 Å². The van der Waals surface area contributed by atoms with Crippen molar-refractivity contribution in [2.45, 2.75) is 44.3 Å². The van der Waals surface area contributed by atoms with Crippen molar-refractivity contribution in [2.24, 2.45) is 5.92 Å². The number of nitrogens with zero attached hydrogens (tertiary/aromatic N) is 1. The predicted molar refractivity (Wildman–Crippen MR) is 111 cm³/mol. The first-order valence-electron chi connectivity index (χ1n) is 10.6. The molecule has 4 rings (SSSR count). The lowest BCUT2D eigenvalue weighted by atomic mass is 9.88. The highest BCUT2D eigenvalue weighted by molar-refractivity contribution is 6.21. The summed E-state index contributed by atoms with van der Waals surface area (Å²) in [6, 6.07) is 14.1. The summed E-state index contributed by atoms with van der Waals surface area (Å²) in [7, 11) is 0. The van der Waals surface area contributed by atoms with Crippen LogP contribution in [-0.2, 0) is 0 Å². The van der Waals surface area contributed by atoms with Crippen LogP contribution in [-0.4, -0.2) is 46.2 Å². The second kappa shape index (κ2) is 8.98. The fraction of sp³-hybridized carbons (Fsp3) is 0.417. The molecule has 2 aromatic rings. The number of ether oxygens (including phenoxy) is 1. The minimum atomic E-state index is -0.803. The van der Waals surface area contributed by atoms with Crippen LogP contribution in [0.15, 0.2) is 48.5 Å². The monoisotopic (exact) mass is 409 g/mol. The molecule has 1 heterocycles. The first-order chi connectivity index (χ1) is 14.5. The van der Waals surface area contributed by atoms with E-state index in [9.17, 15) is 19.8 Å². The second-order valence-electron chi connectivity index (χ2n) is 8.17. The summed E-state index contributed by atoms with van der Waals surface area (Å²) < 4.78 is 5.91. The molecule has 0 bridgehead atoms. The van der Waals surface area contributed by atoms with Crippen molar-refractivity contribution in [2.75, 3.05) is 13.2 Å². The Morgan fingerprint density at radius 1 is 0.967 bits per heavy atom. The average molecular weight is 409 g/mol. The van der Waals surface area contributed by atoms with E-state index in [0.717, 1.165) is 25.7 Å². The van der Waals surface area contributed by atoms with Crippen molar-refractivity contribution >= 4 is 11.8 Å². The maximum Gasteiger partial charge on any atom is 0.261 e. The van der Waals surface area contributed by atoms with Crippen molar-refractivity contribution in [3.8, 4) is 5.75 Å². The van der Waals surface area contributed by atoms with Gasteiger partial charge in [-0.25, -0.2) is 0 Å². The fourth-order valence-electron chi connectivity index (χ4n) is 4.20. The van der Waals surface area contributed by atoms with Gasteiger partial charge in [0.05, 0.1) is 29.9 Å². The largest absolute Gasteiger partial charge is 0.493 e. The molecule has 1 atom stereocenters. The number of fused-ring (bicyclic) bond motifs is 1. The van der Waals surface area contributed by atoms with Crippen LogP contribution in [0.1, 0.15) is 64.5 Å². The Morgan fingerprint density at radius 2 is 1.63 bits per heavy atom. The Kier molecular flexibility index (Phi) is 6.16. The van der Waals surface area contributed by atoms with Gasteiger partial charge in [-0.05, 0) is 67.9 Å². The molecule has 1 unspecified atom stereocenters. The highest BCUT2D eigenvalue weighted by atomic mass is 16.5. The number of amides is 2. The summed E-state index contributed by atoms with van der Waals surface area (Å²) in [6.45, 7) is 0.754. The number of benzene rings is 2. The van der Waals surface area contributed by atoms with Gasteiger partial charge in [-0.15, -0.1) is 0 Å². The lowest BCUT2D eigenvalue weighted by Crippen LogP contribution is -2.31. The normalized spacial score (nSPS) is 22.1. The number of aliphatic hydroxyl groups excluding tert-OH is 2. The van der Waals surface area contributed by atoms with Crippen molar-refractivity contribution in [1.29, 1.82) is 0 Å². The van der Waals surface area contributed by atoms with Crippen LogP contribution in [0.5, 0.6) is 5.75 Å². The summed E-state index contributed by atoms with van der Waals surface area (Å²) in [5.41, 5.74) is 1.54. The molecule has 0 aromatic heterocycles. The molecule has 1 aliphatic carbocycles. The minimum Gasteiger partial charge on any atom is -0.493 e. The lowest BCUT2D eigenvalue weighted by Gasteiger charge is -2.25. The predicted octanol–water partition coefficient (Wildman–Crippen LogP) is 3.34. The van der Waals surface area contributed by atoms with E-state index >= 15 is 0 Å².